The highest BCUT2D eigenvalue weighted by atomic mass is 15.3. The largest absolute Gasteiger partial charge is 0.310 e. The van der Waals surface area contributed by atoms with Crippen molar-refractivity contribution in [2.45, 2.75) is 39.7 Å². The molecule has 0 saturated heterocycles. The van der Waals surface area contributed by atoms with E-state index in [1.54, 1.807) is 0 Å². The molecule has 1 aromatic rings. The van der Waals surface area contributed by atoms with Gasteiger partial charge in [0.1, 0.15) is 0 Å². The van der Waals surface area contributed by atoms with Gasteiger partial charge in [-0.1, -0.05) is 0 Å². The molecule has 1 N–H and O–H groups in total. The Labute approximate surface area is 91.9 Å². The minimum absolute atomic E-state index is 0.430. The van der Waals surface area contributed by atoms with E-state index in [9.17, 15) is 0 Å². The third kappa shape index (κ3) is 2.23. The predicted octanol–water partition coefficient (Wildman–Crippen LogP) is 2.10. The molecule has 1 fully saturated rings. The smallest absolute Gasteiger partial charge is 0.0644 e. The number of hydrogen-bond acceptors (Lipinski definition) is 2. The molecule has 1 saturated carbocycles. The summed E-state index contributed by atoms with van der Waals surface area (Å²) in [6.07, 6.45) is 2.81. The Morgan fingerprint density at radius 2 is 2.13 bits per heavy atom. The zero-order valence-corrected chi connectivity index (χ0v) is 10.2. The van der Waals surface area contributed by atoms with Gasteiger partial charge in [-0.05, 0) is 46.1 Å². The highest BCUT2D eigenvalue weighted by Gasteiger charge is 2.23. The van der Waals surface area contributed by atoms with E-state index in [0.717, 1.165) is 18.2 Å². The van der Waals surface area contributed by atoms with Crippen LogP contribution in [0.25, 0.3) is 0 Å². The average molecular weight is 207 g/mol. The first-order chi connectivity index (χ1) is 7.09. The van der Waals surface area contributed by atoms with E-state index in [0.29, 0.717) is 6.04 Å². The highest BCUT2D eigenvalue weighted by molar-refractivity contribution is 5.27. The Bertz CT molecular complexity index is 350. The van der Waals surface area contributed by atoms with E-state index in [1.165, 1.54) is 24.1 Å². The lowest BCUT2D eigenvalue weighted by molar-refractivity contribution is 0.544. The zero-order chi connectivity index (χ0) is 11.0. The molecule has 0 aliphatic heterocycles. The second-order valence-electron chi connectivity index (χ2n) is 4.78. The predicted molar refractivity (Wildman–Crippen MR) is 61.8 cm³/mol. The maximum absolute atomic E-state index is 4.45. The number of aromatic nitrogens is 2. The van der Waals surface area contributed by atoms with E-state index in [1.807, 2.05) is 11.7 Å². The molecule has 1 aromatic heterocycles. The average Bonchev–Trinajstić information content (AvgIpc) is 2.94. The maximum atomic E-state index is 4.45. The van der Waals surface area contributed by atoms with Gasteiger partial charge in [-0.2, -0.15) is 5.10 Å². The monoisotopic (exact) mass is 207 g/mol. The van der Waals surface area contributed by atoms with Crippen LogP contribution < -0.4 is 5.32 Å². The fraction of sp³-hybridized carbons (Fsp3) is 0.750. The first-order valence-corrected chi connectivity index (χ1v) is 5.83. The van der Waals surface area contributed by atoms with Crippen molar-refractivity contribution in [2.24, 2.45) is 13.0 Å². The molecular formula is C12H21N3. The van der Waals surface area contributed by atoms with Gasteiger partial charge in [0.15, 0.2) is 0 Å². The van der Waals surface area contributed by atoms with Crippen molar-refractivity contribution in [3.05, 3.63) is 17.0 Å². The Morgan fingerprint density at radius 3 is 2.60 bits per heavy atom. The lowest BCUT2D eigenvalue weighted by atomic mass is 10.1. The van der Waals surface area contributed by atoms with Gasteiger partial charge in [0.05, 0.1) is 5.69 Å². The molecule has 1 heterocycles. The van der Waals surface area contributed by atoms with Gasteiger partial charge in [0.25, 0.3) is 0 Å². The molecule has 0 aromatic carbocycles. The molecule has 84 valence electrons. The maximum Gasteiger partial charge on any atom is 0.0644 e. The van der Waals surface area contributed by atoms with E-state index < -0.39 is 0 Å². The summed E-state index contributed by atoms with van der Waals surface area (Å²) < 4.78 is 1.97. The second-order valence-corrected chi connectivity index (χ2v) is 4.78. The van der Waals surface area contributed by atoms with Crippen molar-refractivity contribution in [1.82, 2.24) is 15.1 Å². The van der Waals surface area contributed by atoms with Crippen LogP contribution in [0.1, 0.15) is 42.8 Å². The lowest BCUT2D eigenvalue weighted by Gasteiger charge is -2.14. The molecule has 3 nitrogen and oxygen atoms in total. The summed E-state index contributed by atoms with van der Waals surface area (Å²) in [6, 6.07) is 0.430. The summed E-state index contributed by atoms with van der Waals surface area (Å²) >= 11 is 0. The minimum Gasteiger partial charge on any atom is -0.310 e. The van der Waals surface area contributed by atoms with Crippen LogP contribution in [0.4, 0.5) is 0 Å². The minimum atomic E-state index is 0.430. The van der Waals surface area contributed by atoms with Crippen LogP contribution in [-0.4, -0.2) is 16.3 Å². The van der Waals surface area contributed by atoms with Crippen LogP contribution >= 0.6 is 0 Å². The number of aryl methyl sites for hydroxylation is 2. The zero-order valence-electron chi connectivity index (χ0n) is 10.2. The summed E-state index contributed by atoms with van der Waals surface area (Å²) in [7, 11) is 2.01. The summed E-state index contributed by atoms with van der Waals surface area (Å²) in [5.41, 5.74) is 3.81. The van der Waals surface area contributed by atoms with Gasteiger partial charge in [0, 0.05) is 24.3 Å². The summed E-state index contributed by atoms with van der Waals surface area (Å²) in [4.78, 5) is 0. The van der Waals surface area contributed by atoms with Crippen LogP contribution in [0.15, 0.2) is 0 Å². The number of nitrogens with zero attached hydrogens (tertiary/aromatic N) is 2. The van der Waals surface area contributed by atoms with Gasteiger partial charge >= 0.3 is 0 Å². The molecular weight excluding hydrogens is 186 g/mol. The van der Waals surface area contributed by atoms with E-state index in [4.69, 9.17) is 0 Å². The molecule has 2 rings (SSSR count). The van der Waals surface area contributed by atoms with Crippen molar-refractivity contribution >= 4 is 0 Å². The van der Waals surface area contributed by atoms with Crippen molar-refractivity contribution in [2.75, 3.05) is 6.54 Å². The van der Waals surface area contributed by atoms with Gasteiger partial charge in [0.2, 0.25) is 0 Å². The van der Waals surface area contributed by atoms with Crippen LogP contribution in [0.3, 0.4) is 0 Å². The molecule has 0 bridgehead atoms. The number of hydrogen-bond donors (Lipinski definition) is 1. The van der Waals surface area contributed by atoms with Crippen molar-refractivity contribution in [3.8, 4) is 0 Å². The first kappa shape index (κ1) is 10.7. The topological polar surface area (TPSA) is 29.9 Å². The lowest BCUT2D eigenvalue weighted by Crippen LogP contribution is -2.22. The summed E-state index contributed by atoms with van der Waals surface area (Å²) in [6.45, 7) is 7.64. The van der Waals surface area contributed by atoms with Crippen molar-refractivity contribution < 1.29 is 0 Å². The molecule has 15 heavy (non-hydrogen) atoms. The summed E-state index contributed by atoms with van der Waals surface area (Å²) in [5, 5.41) is 8.05. The molecule has 1 unspecified atom stereocenters. The fourth-order valence-corrected chi connectivity index (χ4v) is 2.18. The fourth-order valence-electron chi connectivity index (χ4n) is 2.18. The molecule has 1 atom stereocenters. The third-order valence-electron chi connectivity index (χ3n) is 3.41. The van der Waals surface area contributed by atoms with E-state index >= 15 is 0 Å². The standard InChI is InChI=1S/C12H21N3/c1-8(13-7-11-5-6-11)12-9(2)14-15(4)10(12)3/h8,11,13H,5-7H2,1-4H3. The first-order valence-electron chi connectivity index (χ1n) is 5.83. The SMILES string of the molecule is Cc1nn(C)c(C)c1C(C)NCC1CC1. The van der Waals surface area contributed by atoms with E-state index in [2.05, 4.69) is 31.2 Å². The van der Waals surface area contributed by atoms with Crippen molar-refractivity contribution in [3.63, 3.8) is 0 Å². The number of rotatable bonds is 4. The van der Waals surface area contributed by atoms with Crippen LogP contribution in [-0.2, 0) is 7.05 Å². The Balaban J connectivity index is 2.05. The van der Waals surface area contributed by atoms with Gasteiger partial charge in [-0.3, -0.25) is 4.68 Å². The van der Waals surface area contributed by atoms with Gasteiger partial charge in [-0.25, -0.2) is 0 Å². The van der Waals surface area contributed by atoms with Gasteiger partial charge < -0.3 is 5.32 Å². The quantitative estimate of drug-likeness (QED) is 0.819. The molecule has 0 amide bonds. The third-order valence-corrected chi connectivity index (χ3v) is 3.41. The second kappa shape index (κ2) is 3.97. The van der Waals surface area contributed by atoms with Crippen LogP contribution in [0.2, 0.25) is 0 Å². The molecule has 3 heteroatoms. The van der Waals surface area contributed by atoms with Gasteiger partial charge in [-0.15, -0.1) is 0 Å². The highest BCUT2D eigenvalue weighted by Crippen LogP contribution is 2.29. The Hall–Kier alpha value is -0.830. The van der Waals surface area contributed by atoms with E-state index in [-0.39, 0.29) is 0 Å². The Morgan fingerprint density at radius 1 is 1.47 bits per heavy atom. The normalized spacial score (nSPS) is 18.1. The van der Waals surface area contributed by atoms with Crippen LogP contribution in [0, 0.1) is 19.8 Å². The Kier molecular flexibility index (Phi) is 2.83. The summed E-state index contributed by atoms with van der Waals surface area (Å²) in [5.74, 6) is 0.935. The molecule has 0 radical (unpaired) electrons. The van der Waals surface area contributed by atoms with Crippen molar-refractivity contribution in [1.29, 1.82) is 0 Å². The number of nitrogens with one attached hydrogen (secondary N) is 1. The molecule has 1 aliphatic rings. The molecule has 0 spiro atoms. The molecule has 1 aliphatic carbocycles. The van der Waals surface area contributed by atoms with Crippen LogP contribution in [0.5, 0.6) is 0 Å².